The van der Waals surface area contributed by atoms with Crippen LogP contribution in [0.1, 0.15) is 12.8 Å². The fourth-order valence-corrected chi connectivity index (χ4v) is 3.89. The first kappa shape index (κ1) is 19.3. The van der Waals surface area contributed by atoms with Crippen molar-refractivity contribution in [3.05, 3.63) is 53.6 Å². The second kappa shape index (κ2) is 8.08. The van der Waals surface area contributed by atoms with Gasteiger partial charge in [0.2, 0.25) is 21.8 Å². The second-order valence-corrected chi connectivity index (χ2v) is 8.17. The maximum atomic E-state index is 12.4. The Morgan fingerprint density at radius 1 is 1.11 bits per heavy atom. The van der Waals surface area contributed by atoms with Crippen molar-refractivity contribution in [3.8, 4) is 0 Å². The minimum atomic E-state index is -3.86. The molecule has 0 atom stereocenters. The van der Waals surface area contributed by atoms with Gasteiger partial charge in [-0.25, -0.2) is 13.1 Å². The molecule has 0 bridgehead atoms. The zero-order chi connectivity index (χ0) is 19.4. The number of rotatable bonds is 6. The molecule has 0 saturated carbocycles. The summed E-state index contributed by atoms with van der Waals surface area (Å²) in [4.78, 5) is 25.4. The molecule has 1 fully saturated rings. The van der Waals surface area contributed by atoms with Gasteiger partial charge in [-0.1, -0.05) is 23.7 Å². The van der Waals surface area contributed by atoms with Gasteiger partial charge in [-0.2, -0.15) is 0 Å². The molecule has 0 aliphatic carbocycles. The number of carbonyl (C=O) groups excluding carboxylic acids is 2. The van der Waals surface area contributed by atoms with Gasteiger partial charge >= 0.3 is 0 Å². The first-order valence-electron chi connectivity index (χ1n) is 8.31. The summed E-state index contributed by atoms with van der Waals surface area (Å²) in [6.07, 6.45) is 1.29. The Hall–Kier alpha value is -2.42. The normalized spacial score (nSPS) is 14.4. The van der Waals surface area contributed by atoms with Crippen molar-refractivity contribution in [3.63, 3.8) is 0 Å². The number of para-hydroxylation sites is 1. The molecule has 2 aromatic carbocycles. The van der Waals surface area contributed by atoms with Crippen molar-refractivity contribution in [2.75, 3.05) is 23.3 Å². The molecule has 1 aliphatic heterocycles. The molecule has 2 aromatic rings. The number of carbonyl (C=O) groups is 2. The van der Waals surface area contributed by atoms with E-state index in [1.165, 1.54) is 12.1 Å². The van der Waals surface area contributed by atoms with Crippen molar-refractivity contribution in [2.45, 2.75) is 17.7 Å². The highest BCUT2D eigenvalue weighted by Gasteiger charge is 2.22. The van der Waals surface area contributed by atoms with Crippen LogP contribution >= 0.6 is 11.6 Å². The van der Waals surface area contributed by atoms with Crippen LogP contribution in [0.4, 0.5) is 11.4 Å². The monoisotopic (exact) mass is 407 g/mol. The molecule has 142 valence electrons. The third kappa shape index (κ3) is 4.65. The first-order chi connectivity index (χ1) is 12.9. The molecule has 2 amide bonds. The Balaban J connectivity index is 1.62. The number of nitrogens with one attached hydrogen (secondary N) is 2. The largest absolute Gasteiger partial charge is 0.324 e. The zero-order valence-electron chi connectivity index (χ0n) is 14.3. The van der Waals surface area contributed by atoms with Crippen LogP contribution in [0.2, 0.25) is 5.02 Å². The maximum Gasteiger partial charge on any atom is 0.241 e. The number of amides is 2. The van der Waals surface area contributed by atoms with E-state index < -0.39 is 22.5 Å². The van der Waals surface area contributed by atoms with E-state index in [2.05, 4.69) is 10.0 Å². The molecule has 2 N–H and O–H groups in total. The van der Waals surface area contributed by atoms with Crippen LogP contribution < -0.4 is 14.9 Å². The molecule has 1 heterocycles. The summed E-state index contributed by atoms with van der Waals surface area (Å²) in [5, 5.41) is 2.91. The van der Waals surface area contributed by atoms with Crippen LogP contribution in [0.25, 0.3) is 0 Å². The van der Waals surface area contributed by atoms with Gasteiger partial charge in [0.25, 0.3) is 0 Å². The zero-order valence-corrected chi connectivity index (χ0v) is 15.9. The summed E-state index contributed by atoms with van der Waals surface area (Å²) in [6.45, 7) is 0.200. The number of benzene rings is 2. The molecule has 0 spiro atoms. The van der Waals surface area contributed by atoms with Gasteiger partial charge in [-0.15, -0.1) is 0 Å². The van der Waals surface area contributed by atoms with Gasteiger partial charge in [0.15, 0.2) is 0 Å². The maximum absolute atomic E-state index is 12.4. The summed E-state index contributed by atoms with van der Waals surface area (Å²) < 4.78 is 27.0. The molecule has 7 nitrogen and oxygen atoms in total. The molecular formula is C18H18ClN3O4S. The highest BCUT2D eigenvalue weighted by molar-refractivity contribution is 7.89. The van der Waals surface area contributed by atoms with E-state index in [-0.39, 0.29) is 10.8 Å². The van der Waals surface area contributed by atoms with E-state index in [4.69, 9.17) is 11.6 Å². The van der Waals surface area contributed by atoms with Gasteiger partial charge in [0, 0.05) is 18.7 Å². The highest BCUT2D eigenvalue weighted by atomic mass is 35.5. The molecule has 1 aliphatic rings. The summed E-state index contributed by atoms with van der Waals surface area (Å²) in [6, 6.07) is 12.7. The summed E-state index contributed by atoms with van der Waals surface area (Å²) in [5.41, 5.74) is 1.07. The van der Waals surface area contributed by atoms with Crippen molar-refractivity contribution >= 4 is 44.8 Å². The number of anilines is 2. The Morgan fingerprint density at radius 3 is 2.44 bits per heavy atom. The third-order valence-electron chi connectivity index (χ3n) is 4.10. The van der Waals surface area contributed by atoms with Crippen LogP contribution in [0.3, 0.4) is 0 Å². The predicted octanol–water partition coefficient (Wildman–Crippen LogP) is 2.38. The second-order valence-electron chi connectivity index (χ2n) is 6.00. The minimum Gasteiger partial charge on any atom is -0.324 e. The number of sulfonamides is 1. The standard InChI is InChI=1S/C18H18ClN3O4S/c19-15-4-1-2-5-16(15)21-17(23)12-20-27(25,26)14-9-7-13(8-10-14)22-11-3-6-18(22)24/h1-2,4-5,7-10,20H,3,6,11-12H2,(H,21,23). The van der Waals surface area contributed by atoms with E-state index in [1.807, 2.05) is 0 Å². The summed E-state index contributed by atoms with van der Waals surface area (Å²) in [5.74, 6) is -0.508. The number of hydrogen-bond acceptors (Lipinski definition) is 4. The summed E-state index contributed by atoms with van der Waals surface area (Å²) >= 11 is 5.95. The molecule has 1 saturated heterocycles. The van der Waals surface area contributed by atoms with Crippen LogP contribution in [-0.4, -0.2) is 33.3 Å². The van der Waals surface area contributed by atoms with E-state index in [1.54, 1.807) is 41.3 Å². The predicted molar refractivity (Wildman–Crippen MR) is 103 cm³/mol. The smallest absolute Gasteiger partial charge is 0.241 e. The minimum absolute atomic E-state index is 0.0171. The molecule has 27 heavy (non-hydrogen) atoms. The van der Waals surface area contributed by atoms with E-state index >= 15 is 0 Å². The topological polar surface area (TPSA) is 95.6 Å². The lowest BCUT2D eigenvalue weighted by atomic mass is 10.3. The number of nitrogens with zero attached hydrogens (tertiary/aromatic N) is 1. The van der Waals surface area contributed by atoms with Crippen molar-refractivity contribution in [1.82, 2.24) is 4.72 Å². The number of hydrogen-bond donors (Lipinski definition) is 2. The lowest BCUT2D eigenvalue weighted by molar-refractivity contribution is -0.117. The molecule has 0 aromatic heterocycles. The average molecular weight is 408 g/mol. The first-order valence-corrected chi connectivity index (χ1v) is 10.2. The molecule has 0 radical (unpaired) electrons. The van der Waals surface area contributed by atoms with Crippen molar-refractivity contribution < 1.29 is 18.0 Å². The third-order valence-corrected chi connectivity index (χ3v) is 5.85. The fraction of sp³-hybridized carbons (Fsp3) is 0.222. The molecule has 3 rings (SSSR count). The Morgan fingerprint density at radius 2 is 1.81 bits per heavy atom. The lowest BCUT2D eigenvalue weighted by Gasteiger charge is -2.16. The van der Waals surface area contributed by atoms with Crippen LogP contribution in [0.15, 0.2) is 53.4 Å². The molecule has 9 heteroatoms. The van der Waals surface area contributed by atoms with E-state index in [0.717, 1.165) is 6.42 Å². The Bertz CT molecular complexity index is 961. The van der Waals surface area contributed by atoms with Gasteiger partial charge in [0.05, 0.1) is 22.2 Å². The van der Waals surface area contributed by atoms with Crippen LogP contribution in [0, 0.1) is 0 Å². The highest BCUT2D eigenvalue weighted by Crippen LogP contribution is 2.23. The van der Waals surface area contributed by atoms with Gasteiger partial charge in [0.1, 0.15) is 0 Å². The van der Waals surface area contributed by atoms with Crippen LogP contribution in [0.5, 0.6) is 0 Å². The SMILES string of the molecule is O=C(CNS(=O)(=O)c1ccc(N2CCCC2=O)cc1)Nc1ccccc1Cl. The van der Waals surface area contributed by atoms with Crippen molar-refractivity contribution in [1.29, 1.82) is 0 Å². The number of halogens is 1. The van der Waals surface area contributed by atoms with Gasteiger partial charge in [-0.3, -0.25) is 9.59 Å². The van der Waals surface area contributed by atoms with Gasteiger partial charge < -0.3 is 10.2 Å². The fourth-order valence-electron chi connectivity index (χ4n) is 2.73. The van der Waals surface area contributed by atoms with Crippen LogP contribution in [-0.2, 0) is 19.6 Å². The van der Waals surface area contributed by atoms with E-state index in [9.17, 15) is 18.0 Å². The van der Waals surface area contributed by atoms with Crippen molar-refractivity contribution in [2.24, 2.45) is 0 Å². The molecular weight excluding hydrogens is 390 g/mol. The molecule has 0 unspecified atom stereocenters. The Labute approximate surface area is 162 Å². The quantitative estimate of drug-likeness (QED) is 0.768. The lowest BCUT2D eigenvalue weighted by Crippen LogP contribution is -2.33. The average Bonchev–Trinajstić information content (AvgIpc) is 3.08. The van der Waals surface area contributed by atoms with Gasteiger partial charge in [-0.05, 0) is 42.8 Å². The van der Waals surface area contributed by atoms with E-state index in [0.29, 0.717) is 29.4 Å². The summed E-state index contributed by atoms with van der Waals surface area (Å²) in [7, 11) is -3.86. The Kier molecular flexibility index (Phi) is 5.79.